The molecule has 146 valence electrons. The van der Waals surface area contributed by atoms with E-state index in [2.05, 4.69) is 4.90 Å². The van der Waals surface area contributed by atoms with Gasteiger partial charge in [0.1, 0.15) is 30.8 Å². The number of amides is 1. The van der Waals surface area contributed by atoms with Gasteiger partial charge in [0.15, 0.2) is 0 Å². The van der Waals surface area contributed by atoms with Crippen LogP contribution in [0, 0.1) is 0 Å². The van der Waals surface area contributed by atoms with E-state index in [1.54, 1.807) is 7.05 Å². The van der Waals surface area contributed by atoms with Crippen molar-refractivity contribution in [2.24, 2.45) is 5.73 Å². The zero-order valence-corrected chi connectivity index (χ0v) is 16.1. The number of nitrogens with zero attached hydrogens (tertiary/aromatic N) is 2. The molecule has 8 heteroatoms. The number of nitrogens with two attached hydrogens (primary N) is 1. The van der Waals surface area contributed by atoms with Gasteiger partial charge in [-0.3, -0.25) is 9.69 Å². The van der Waals surface area contributed by atoms with Crippen LogP contribution >= 0.6 is 12.4 Å². The Bertz CT molecular complexity index is 631. The van der Waals surface area contributed by atoms with Crippen molar-refractivity contribution in [1.29, 1.82) is 0 Å². The summed E-state index contributed by atoms with van der Waals surface area (Å²) >= 11 is 0. The number of fused-ring (bicyclic) bond motifs is 1. The van der Waals surface area contributed by atoms with E-state index in [4.69, 9.17) is 15.2 Å². The summed E-state index contributed by atoms with van der Waals surface area (Å²) in [5.41, 5.74) is 5.93. The Morgan fingerprint density at radius 1 is 1.38 bits per heavy atom. The lowest BCUT2D eigenvalue weighted by atomic mass is 9.94. The molecule has 0 aliphatic carbocycles. The molecule has 1 amide bonds. The van der Waals surface area contributed by atoms with Crippen molar-refractivity contribution in [3.8, 4) is 11.5 Å². The number of carbonyl (C=O) groups excluding carboxylic acids is 1. The Morgan fingerprint density at radius 2 is 2.08 bits per heavy atom. The maximum absolute atomic E-state index is 12.1. The minimum Gasteiger partial charge on any atom is -0.492 e. The maximum Gasteiger partial charge on any atom is 0.247 e. The van der Waals surface area contributed by atoms with E-state index in [-0.39, 0.29) is 24.9 Å². The SMILES string of the molecule is CN1C(=O)[C@@H](N)COc2ccc(OCCN3CCC(C)(O)CC3)cc21.Cl. The van der Waals surface area contributed by atoms with E-state index in [1.165, 1.54) is 4.90 Å². The van der Waals surface area contributed by atoms with Crippen molar-refractivity contribution in [2.75, 3.05) is 44.8 Å². The molecule has 0 spiro atoms. The topological polar surface area (TPSA) is 88.3 Å². The monoisotopic (exact) mass is 385 g/mol. The van der Waals surface area contributed by atoms with Crippen LogP contribution in [-0.2, 0) is 4.79 Å². The highest BCUT2D eigenvalue weighted by Crippen LogP contribution is 2.34. The number of halogens is 1. The van der Waals surface area contributed by atoms with E-state index >= 15 is 0 Å². The first kappa shape index (κ1) is 20.8. The van der Waals surface area contributed by atoms with Crippen molar-refractivity contribution < 1.29 is 19.4 Å². The Labute approximate surface area is 160 Å². The largest absolute Gasteiger partial charge is 0.492 e. The van der Waals surface area contributed by atoms with Crippen LogP contribution in [-0.4, -0.2) is 67.5 Å². The number of rotatable bonds is 4. The molecule has 2 aliphatic rings. The van der Waals surface area contributed by atoms with Crippen molar-refractivity contribution in [2.45, 2.75) is 31.4 Å². The first-order valence-corrected chi connectivity index (χ1v) is 8.73. The Balaban J connectivity index is 0.00000243. The summed E-state index contributed by atoms with van der Waals surface area (Å²) < 4.78 is 11.4. The van der Waals surface area contributed by atoms with Crippen LogP contribution in [0.25, 0.3) is 0 Å². The molecular formula is C18H28ClN3O4. The molecule has 1 saturated heterocycles. The van der Waals surface area contributed by atoms with Gasteiger partial charge in [0.25, 0.3) is 0 Å². The van der Waals surface area contributed by atoms with Gasteiger partial charge in [-0.2, -0.15) is 0 Å². The van der Waals surface area contributed by atoms with Crippen LogP contribution in [0.4, 0.5) is 5.69 Å². The zero-order chi connectivity index (χ0) is 18.0. The fourth-order valence-corrected chi connectivity index (χ4v) is 3.14. The number of hydrogen-bond acceptors (Lipinski definition) is 6. The van der Waals surface area contributed by atoms with Crippen LogP contribution in [0.2, 0.25) is 0 Å². The summed E-state index contributed by atoms with van der Waals surface area (Å²) in [6.07, 6.45) is 1.58. The summed E-state index contributed by atoms with van der Waals surface area (Å²) in [5.74, 6) is 1.16. The van der Waals surface area contributed by atoms with Crippen LogP contribution in [0.3, 0.4) is 0 Å². The second kappa shape index (κ2) is 8.43. The highest BCUT2D eigenvalue weighted by Gasteiger charge is 2.28. The summed E-state index contributed by atoms with van der Waals surface area (Å²) in [6.45, 7) is 5.19. The number of benzene rings is 1. The summed E-state index contributed by atoms with van der Waals surface area (Å²) in [4.78, 5) is 16.0. The summed E-state index contributed by atoms with van der Waals surface area (Å²) in [6, 6.07) is 4.81. The molecular weight excluding hydrogens is 358 g/mol. The predicted octanol–water partition coefficient (Wildman–Crippen LogP) is 1.02. The van der Waals surface area contributed by atoms with Crippen molar-refractivity contribution in [1.82, 2.24) is 4.90 Å². The van der Waals surface area contributed by atoms with Gasteiger partial charge in [0, 0.05) is 32.7 Å². The van der Waals surface area contributed by atoms with Gasteiger partial charge < -0.3 is 25.2 Å². The van der Waals surface area contributed by atoms with Crippen LogP contribution < -0.4 is 20.1 Å². The number of carbonyl (C=O) groups is 1. The van der Waals surface area contributed by atoms with Crippen LogP contribution in [0.5, 0.6) is 11.5 Å². The molecule has 3 N–H and O–H groups in total. The van der Waals surface area contributed by atoms with Crippen molar-refractivity contribution in [3.63, 3.8) is 0 Å². The molecule has 7 nitrogen and oxygen atoms in total. The van der Waals surface area contributed by atoms with E-state index in [9.17, 15) is 9.90 Å². The molecule has 1 aromatic carbocycles. The quantitative estimate of drug-likeness (QED) is 0.804. The number of likely N-dealkylation sites (N-methyl/N-ethyl adjacent to an activating group) is 1. The first-order chi connectivity index (χ1) is 11.9. The second-order valence-corrected chi connectivity index (χ2v) is 7.13. The van der Waals surface area contributed by atoms with Crippen molar-refractivity contribution >= 4 is 24.0 Å². The molecule has 26 heavy (non-hydrogen) atoms. The molecule has 1 fully saturated rings. The van der Waals surface area contributed by atoms with Gasteiger partial charge in [0.05, 0.1) is 11.3 Å². The van der Waals surface area contributed by atoms with Gasteiger partial charge >= 0.3 is 0 Å². The van der Waals surface area contributed by atoms with E-state index in [1.807, 2.05) is 25.1 Å². The Morgan fingerprint density at radius 3 is 2.77 bits per heavy atom. The molecule has 0 radical (unpaired) electrons. The molecule has 0 aromatic heterocycles. The molecule has 1 atom stereocenters. The highest BCUT2D eigenvalue weighted by atomic mass is 35.5. The molecule has 2 aliphatic heterocycles. The molecule has 1 aromatic rings. The number of likely N-dealkylation sites (tertiary alicyclic amines) is 1. The normalized spacial score (nSPS) is 22.7. The molecule has 0 bridgehead atoms. The summed E-state index contributed by atoms with van der Waals surface area (Å²) in [5, 5.41) is 9.99. The van der Waals surface area contributed by atoms with Gasteiger partial charge in [-0.25, -0.2) is 0 Å². The third kappa shape index (κ3) is 4.79. The molecule has 3 rings (SSSR count). The van der Waals surface area contributed by atoms with Gasteiger partial charge in [-0.15, -0.1) is 12.4 Å². The number of hydrogen-bond donors (Lipinski definition) is 2. The average molecular weight is 386 g/mol. The Hall–Kier alpha value is -1.54. The smallest absolute Gasteiger partial charge is 0.247 e. The summed E-state index contributed by atoms with van der Waals surface area (Å²) in [7, 11) is 1.69. The molecule has 0 saturated carbocycles. The third-order valence-corrected chi connectivity index (χ3v) is 4.97. The molecule has 2 heterocycles. The van der Waals surface area contributed by atoms with Crippen LogP contribution in [0.15, 0.2) is 18.2 Å². The lowest BCUT2D eigenvalue weighted by molar-refractivity contribution is -0.119. The fourth-order valence-electron chi connectivity index (χ4n) is 3.14. The van der Waals surface area contributed by atoms with E-state index < -0.39 is 11.6 Å². The molecule has 0 unspecified atom stereocenters. The van der Waals surface area contributed by atoms with Gasteiger partial charge in [0.2, 0.25) is 5.91 Å². The van der Waals surface area contributed by atoms with E-state index in [0.717, 1.165) is 32.5 Å². The number of aliphatic hydroxyl groups is 1. The minimum absolute atomic E-state index is 0. The zero-order valence-electron chi connectivity index (χ0n) is 15.3. The number of ether oxygens (including phenoxy) is 2. The maximum atomic E-state index is 12.1. The first-order valence-electron chi connectivity index (χ1n) is 8.73. The second-order valence-electron chi connectivity index (χ2n) is 7.13. The number of anilines is 1. The average Bonchev–Trinajstić information content (AvgIpc) is 2.69. The van der Waals surface area contributed by atoms with Crippen molar-refractivity contribution in [3.05, 3.63) is 18.2 Å². The standard InChI is InChI=1S/C18H27N3O4.ClH/c1-18(23)5-7-21(8-6-18)9-10-24-13-3-4-16-15(11-13)20(2)17(22)14(19)12-25-16;/h3-4,11,14,23H,5-10,12,19H2,1-2H3;1H/t14-;/m0./s1. The number of piperidine rings is 1. The fraction of sp³-hybridized carbons (Fsp3) is 0.611. The van der Waals surface area contributed by atoms with Gasteiger partial charge in [-0.1, -0.05) is 0 Å². The highest BCUT2D eigenvalue weighted by molar-refractivity contribution is 5.98. The van der Waals surface area contributed by atoms with Gasteiger partial charge in [-0.05, 0) is 31.9 Å². The third-order valence-electron chi connectivity index (χ3n) is 4.97. The minimum atomic E-state index is -0.655. The lowest BCUT2D eigenvalue weighted by Gasteiger charge is -2.35. The van der Waals surface area contributed by atoms with Crippen LogP contribution in [0.1, 0.15) is 19.8 Å². The lowest BCUT2D eigenvalue weighted by Crippen LogP contribution is -2.43. The predicted molar refractivity (Wildman–Crippen MR) is 102 cm³/mol. The Kier molecular flexibility index (Phi) is 6.74. The van der Waals surface area contributed by atoms with E-state index in [0.29, 0.717) is 23.8 Å².